The van der Waals surface area contributed by atoms with Crippen LogP contribution in [0.25, 0.3) is 0 Å². The van der Waals surface area contributed by atoms with Gasteiger partial charge in [0, 0.05) is 24.8 Å². The molecule has 0 aromatic heterocycles. The summed E-state index contributed by atoms with van der Waals surface area (Å²) in [6.07, 6.45) is 3.35. The average molecular weight is 250 g/mol. The Kier molecular flexibility index (Phi) is 3.91. The van der Waals surface area contributed by atoms with E-state index in [9.17, 15) is 4.39 Å². The zero-order chi connectivity index (χ0) is 13.3. The van der Waals surface area contributed by atoms with Gasteiger partial charge in [0.1, 0.15) is 5.82 Å². The molecule has 0 bridgehead atoms. The molecule has 2 unspecified atom stereocenters. The fourth-order valence-electron chi connectivity index (χ4n) is 2.52. The summed E-state index contributed by atoms with van der Waals surface area (Å²) >= 11 is 0. The van der Waals surface area contributed by atoms with Gasteiger partial charge in [0.15, 0.2) is 0 Å². The first-order valence-corrected chi connectivity index (χ1v) is 6.76. The smallest absolute Gasteiger partial charge is 0.123 e. The van der Waals surface area contributed by atoms with E-state index in [1.807, 2.05) is 13.0 Å². The third-order valence-electron chi connectivity index (χ3n) is 3.88. The van der Waals surface area contributed by atoms with E-state index in [-0.39, 0.29) is 11.9 Å². The molecule has 0 radical (unpaired) electrons. The molecule has 0 heterocycles. The number of hydrogen-bond donors (Lipinski definition) is 1. The average Bonchev–Trinajstić information content (AvgIpc) is 3.10. The molecule has 1 aliphatic carbocycles. The van der Waals surface area contributed by atoms with E-state index < -0.39 is 0 Å². The SMILES string of the molecule is CC(N)Cc1cc(F)ccc1N(C)C(C)C1CC1. The highest BCUT2D eigenvalue weighted by molar-refractivity contribution is 5.54. The molecule has 2 atom stereocenters. The molecule has 2 N–H and O–H groups in total. The number of nitrogens with zero attached hydrogens (tertiary/aromatic N) is 1. The van der Waals surface area contributed by atoms with Crippen molar-refractivity contribution < 1.29 is 4.39 Å². The second-order valence-corrected chi connectivity index (χ2v) is 5.64. The maximum atomic E-state index is 13.4. The Labute approximate surface area is 109 Å². The van der Waals surface area contributed by atoms with Crippen molar-refractivity contribution in [3.8, 4) is 0 Å². The molecule has 2 nitrogen and oxygen atoms in total. The monoisotopic (exact) mass is 250 g/mol. The minimum absolute atomic E-state index is 0.0511. The predicted molar refractivity (Wildman–Crippen MR) is 74.3 cm³/mol. The summed E-state index contributed by atoms with van der Waals surface area (Å²) in [4.78, 5) is 2.27. The van der Waals surface area contributed by atoms with Crippen LogP contribution >= 0.6 is 0 Å². The van der Waals surface area contributed by atoms with Crippen LogP contribution in [-0.4, -0.2) is 19.1 Å². The Morgan fingerprint density at radius 2 is 2.06 bits per heavy atom. The Bertz CT molecular complexity index is 413. The molecule has 0 aliphatic heterocycles. The Morgan fingerprint density at radius 3 is 2.61 bits per heavy atom. The molecule has 0 saturated heterocycles. The van der Waals surface area contributed by atoms with Crippen LogP contribution in [0.1, 0.15) is 32.3 Å². The largest absolute Gasteiger partial charge is 0.371 e. The van der Waals surface area contributed by atoms with Crippen molar-refractivity contribution in [2.24, 2.45) is 11.7 Å². The molecule has 0 spiro atoms. The normalized spacial score (nSPS) is 18.5. The van der Waals surface area contributed by atoms with Gasteiger partial charge in [0.05, 0.1) is 0 Å². The molecule has 18 heavy (non-hydrogen) atoms. The number of rotatable bonds is 5. The first kappa shape index (κ1) is 13.3. The highest BCUT2D eigenvalue weighted by Gasteiger charge is 2.31. The lowest BCUT2D eigenvalue weighted by Crippen LogP contribution is -2.32. The standard InChI is InChI=1S/C15H23FN2/c1-10(17)8-13-9-14(16)6-7-15(13)18(3)11(2)12-4-5-12/h6-7,9-12H,4-5,8,17H2,1-3H3. The molecule has 3 heteroatoms. The van der Waals surface area contributed by atoms with E-state index in [0.29, 0.717) is 6.04 Å². The van der Waals surface area contributed by atoms with E-state index in [1.54, 1.807) is 6.07 Å². The third-order valence-corrected chi connectivity index (χ3v) is 3.88. The Hall–Kier alpha value is -1.09. The van der Waals surface area contributed by atoms with Crippen LogP contribution < -0.4 is 10.6 Å². The van der Waals surface area contributed by atoms with Crippen LogP contribution in [-0.2, 0) is 6.42 Å². The van der Waals surface area contributed by atoms with Crippen molar-refractivity contribution in [1.82, 2.24) is 0 Å². The molecule has 100 valence electrons. The van der Waals surface area contributed by atoms with Gasteiger partial charge >= 0.3 is 0 Å². The summed E-state index contributed by atoms with van der Waals surface area (Å²) in [5, 5.41) is 0. The molecule has 1 fully saturated rings. The highest BCUT2D eigenvalue weighted by Crippen LogP contribution is 2.37. The molecule has 1 aliphatic rings. The number of halogens is 1. The van der Waals surface area contributed by atoms with Crippen molar-refractivity contribution in [2.75, 3.05) is 11.9 Å². The van der Waals surface area contributed by atoms with E-state index in [2.05, 4.69) is 18.9 Å². The highest BCUT2D eigenvalue weighted by atomic mass is 19.1. The lowest BCUT2D eigenvalue weighted by molar-refractivity contribution is 0.599. The van der Waals surface area contributed by atoms with Crippen LogP contribution in [0.3, 0.4) is 0 Å². The molecule has 1 aromatic carbocycles. The van der Waals surface area contributed by atoms with Crippen molar-refractivity contribution in [2.45, 2.75) is 45.2 Å². The number of anilines is 1. The van der Waals surface area contributed by atoms with E-state index >= 15 is 0 Å². The second kappa shape index (κ2) is 5.27. The molecule has 1 aromatic rings. The molecule has 0 amide bonds. The van der Waals surface area contributed by atoms with Gasteiger partial charge in [0.25, 0.3) is 0 Å². The first-order valence-electron chi connectivity index (χ1n) is 6.76. The van der Waals surface area contributed by atoms with Crippen molar-refractivity contribution in [3.05, 3.63) is 29.6 Å². The summed E-state index contributed by atoms with van der Waals surface area (Å²) in [6.45, 7) is 4.20. The van der Waals surface area contributed by atoms with Gasteiger partial charge in [0.2, 0.25) is 0 Å². The van der Waals surface area contributed by atoms with Crippen LogP contribution in [0.4, 0.5) is 10.1 Å². The van der Waals surface area contributed by atoms with Gasteiger partial charge in [-0.3, -0.25) is 0 Å². The van der Waals surface area contributed by atoms with Gasteiger partial charge in [-0.1, -0.05) is 0 Å². The first-order chi connectivity index (χ1) is 8.49. The van der Waals surface area contributed by atoms with E-state index in [1.165, 1.54) is 18.9 Å². The fraction of sp³-hybridized carbons (Fsp3) is 0.600. The van der Waals surface area contributed by atoms with Crippen LogP contribution in [0, 0.1) is 11.7 Å². The number of benzene rings is 1. The van der Waals surface area contributed by atoms with Crippen molar-refractivity contribution >= 4 is 5.69 Å². The fourth-order valence-corrected chi connectivity index (χ4v) is 2.52. The summed E-state index contributed by atoms with van der Waals surface area (Å²) in [7, 11) is 2.10. The molecule has 2 rings (SSSR count). The topological polar surface area (TPSA) is 29.3 Å². The van der Waals surface area contributed by atoms with Crippen molar-refractivity contribution in [1.29, 1.82) is 0 Å². The van der Waals surface area contributed by atoms with Crippen LogP contribution in [0.5, 0.6) is 0 Å². The predicted octanol–water partition coefficient (Wildman–Crippen LogP) is 2.95. The maximum absolute atomic E-state index is 13.4. The number of nitrogens with two attached hydrogens (primary N) is 1. The minimum atomic E-state index is -0.179. The van der Waals surface area contributed by atoms with Gasteiger partial charge < -0.3 is 10.6 Å². The maximum Gasteiger partial charge on any atom is 0.123 e. The summed E-state index contributed by atoms with van der Waals surface area (Å²) < 4.78 is 13.4. The number of hydrogen-bond acceptors (Lipinski definition) is 2. The second-order valence-electron chi connectivity index (χ2n) is 5.64. The lowest BCUT2D eigenvalue weighted by Gasteiger charge is -2.29. The molecular weight excluding hydrogens is 227 g/mol. The van der Waals surface area contributed by atoms with Gasteiger partial charge in [-0.15, -0.1) is 0 Å². The molecular formula is C15H23FN2. The van der Waals surface area contributed by atoms with E-state index in [4.69, 9.17) is 5.73 Å². The van der Waals surface area contributed by atoms with Gasteiger partial charge in [-0.2, -0.15) is 0 Å². The van der Waals surface area contributed by atoms with Gasteiger partial charge in [-0.05, 0) is 62.8 Å². The zero-order valence-electron chi connectivity index (χ0n) is 11.5. The Balaban J connectivity index is 2.24. The summed E-state index contributed by atoms with van der Waals surface area (Å²) in [5.41, 5.74) is 7.98. The van der Waals surface area contributed by atoms with E-state index in [0.717, 1.165) is 23.6 Å². The summed E-state index contributed by atoms with van der Waals surface area (Å²) in [5.74, 6) is 0.616. The van der Waals surface area contributed by atoms with Crippen LogP contribution in [0.2, 0.25) is 0 Å². The lowest BCUT2D eigenvalue weighted by atomic mass is 10.0. The van der Waals surface area contributed by atoms with Gasteiger partial charge in [-0.25, -0.2) is 4.39 Å². The summed E-state index contributed by atoms with van der Waals surface area (Å²) in [6, 6.07) is 5.61. The molecule has 1 saturated carbocycles. The zero-order valence-corrected chi connectivity index (χ0v) is 11.5. The third kappa shape index (κ3) is 3.02. The minimum Gasteiger partial charge on any atom is -0.371 e. The quantitative estimate of drug-likeness (QED) is 0.870. The Morgan fingerprint density at radius 1 is 1.39 bits per heavy atom. The van der Waals surface area contributed by atoms with Crippen molar-refractivity contribution in [3.63, 3.8) is 0 Å². The van der Waals surface area contributed by atoms with Crippen LogP contribution in [0.15, 0.2) is 18.2 Å².